The van der Waals surface area contributed by atoms with Crippen LogP contribution in [0.5, 0.6) is 17.2 Å². The van der Waals surface area contributed by atoms with Gasteiger partial charge in [-0.3, -0.25) is 9.59 Å². The van der Waals surface area contributed by atoms with Crippen molar-refractivity contribution < 1.29 is 29.0 Å². The highest BCUT2D eigenvalue weighted by molar-refractivity contribution is 6.35. The molecule has 29 heavy (non-hydrogen) atoms. The van der Waals surface area contributed by atoms with Gasteiger partial charge in [-0.2, -0.15) is 0 Å². The minimum atomic E-state index is -1.29. The van der Waals surface area contributed by atoms with Crippen molar-refractivity contribution in [2.24, 2.45) is 0 Å². The third-order valence-electron chi connectivity index (χ3n) is 4.53. The normalized spacial score (nSPS) is 12.7. The van der Waals surface area contributed by atoms with Crippen molar-refractivity contribution in [3.8, 4) is 17.2 Å². The molecule has 7 nitrogen and oxygen atoms in total. The fourth-order valence-corrected chi connectivity index (χ4v) is 3.18. The zero-order valence-corrected chi connectivity index (χ0v) is 15.3. The first kappa shape index (κ1) is 18.2. The second kappa shape index (κ2) is 7.12. The monoisotopic (exact) mass is 389 g/mol. The Bertz CT molecular complexity index is 1120. The number of amides is 2. The van der Waals surface area contributed by atoms with E-state index in [0.717, 1.165) is 4.90 Å². The van der Waals surface area contributed by atoms with Crippen LogP contribution in [0.4, 0.5) is 5.69 Å². The molecule has 7 heteroatoms. The maximum atomic E-state index is 12.7. The van der Waals surface area contributed by atoms with Crippen LogP contribution in [-0.2, 0) is 0 Å². The number of rotatable bonds is 5. The number of imide groups is 1. The van der Waals surface area contributed by atoms with Crippen LogP contribution in [0.1, 0.15) is 31.1 Å². The Balaban J connectivity index is 1.74. The maximum Gasteiger partial charge on any atom is 0.337 e. The Labute approximate surface area is 165 Å². The third-order valence-corrected chi connectivity index (χ3v) is 4.53. The van der Waals surface area contributed by atoms with Gasteiger partial charge in [0.1, 0.15) is 5.75 Å². The van der Waals surface area contributed by atoms with Gasteiger partial charge in [-0.15, -0.1) is 0 Å². The number of hydrogen-bond acceptors (Lipinski definition) is 5. The van der Waals surface area contributed by atoms with Crippen LogP contribution < -0.4 is 14.4 Å². The van der Waals surface area contributed by atoms with Gasteiger partial charge in [-0.25, -0.2) is 9.69 Å². The standard InChI is InChI=1S/C22H15NO6/c1-28-18-8-4-5-9-19(18)29-13-10-11-17(16(12-13)22(26)27)23-20(24)14-6-2-3-7-15(14)21(23)25/h2-12H,1H3,(H,26,27). The van der Waals surface area contributed by atoms with Gasteiger partial charge in [0, 0.05) is 0 Å². The van der Waals surface area contributed by atoms with E-state index < -0.39 is 17.8 Å². The Hall–Kier alpha value is -4.13. The number of carbonyl (C=O) groups excluding carboxylic acids is 2. The second-order valence-electron chi connectivity index (χ2n) is 6.23. The molecule has 0 saturated carbocycles. The van der Waals surface area contributed by atoms with Crippen molar-refractivity contribution in [2.45, 2.75) is 0 Å². The largest absolute Gasteiger partial charge is 0.493 e. The first-order valence-corrected chi connectivity index (χ1v) is 8.67. The fraction of sp³-hybridized carbons (Fsp3) is 0.0455. The van der Waals surface area contributed by atoms with E-state index in [1.807, 2.05) is 0 Å². The Morgan fingerprint density at radius 1 is 0.862 bits per heavy atom. The van der Waals surface area contributed by atoms with Gasteiger partial charge in [0.25, 0.3) is 11.8 Å². The van der Waals surface area contributed by atoms with Crippen molar-refractivity contribution >= 4 is 23.5 Å². The number of ether oxygens (including phenoxy) is 2. The molecule has 2 amide bonds. The Morgan fingerprint density at radius 3 is 2.03 bits per heavy atom. The number of benzene rings is 3. The Kier molecular flexibility index (Phi) is 4.48. The van der Waals surface area contributed by atoms with Gasteiger partial charge >= 0.3 is 5.97 Å². The van der Waals surface area contributed by atoms with E-state index in [1.165, 1.54) is 37.4 Å². The van der Waals surface area contributed by atoms with E-state index in [9.17, 15) is 19.5 Å². The minimum Gasteiger partial charge on any atom is -0.493 e. The van der Waals surface area contributed by atoms with E-state index in [2.05, 4.69) is 0 Å². The highest BCUT2D eigenvalue weighted by Gasteiger charge is 2.38. The van der Waals surface area contributed by atoms with Gasteiger partial charge < -0.3 is 14.6 Å². The molecular weight excluding hydrogens is 374 g/mol. The summed E-state index contributed by atoms with van der Waals surface area (Å²) in [6.45, 7) is 0. The van der Waals surface area contributed by atoms with E-state index >= 15 is 0 Å². The summed E-state index contributed by atoms with van der Waals surface area (Å²) < 4.78 is 11.0. The predicted octanol–water partition coefficient (Wildman–Crippen LogP) is 3.99. The number of anilines is 1. The fourth-order valence-electron chi connectivity index (χ4n) is 3.18. The molecule has 0 aliphatic carbocycles. The lowest BCUT2D eigenvalue weighted by molar-refractivity contribution is 0.0697. The van der Waals surface area contributed by atoms with Crippen LogP contribution in [0, 0.1) is 0 Å². The molecule has 3 aromatic rings. The molecule has 0 radical (unpaired) electrons. The van der Waals surface area contributed by atoms with Crippen LogP contribution in [-0.4, -0.2) is 30.0 Å². The molecular formula is C22H15NO6. The molecule has 0 saturated heterocycles. The van der Waals surface area contributed by atoms with Crippen LogP contribution in [0.15, 0.2) is 66.7 Å². The highest BCUT2D eigenvalue weighted by Crippen LogP contribution is 2.36. The summed E-state index contributed by atoms with van der Waals surface area (Å²) in [6.07, 6.45) is 0. The molecule has 0 aromatic heterocycles. The lowest BCUT2D eigenvalue weighted by Gasteiger charge is -2.18. The summed E-state index contributed by atoms with van der Waals surface area (Å²) in [7, 11) is 1.50. The number of nitrogens with zero attached hydrogens (tertiary/aromatic N) is 1. The molecule has 4 rings (SSSR count). The molecule has 1 aliphatic heterocycles. The number of aromatic carboxylic acids is 1. The average molecular weight is 389 g/mol. The summed E-state index contributed by atoms with van der Waals surface area (Å²) in [5, 5.41) is 9.68. The molecule has 3 aromatic carbocycles. The summed E-state index contributed by atoms with van der Waals surface area (Å²) in [5.41, 5.74) is 0.231. The number of para-hydroxylation sites is 2. The average Bonchev–Trinajstić information content (AvgIpc) is 2.99. The number of fused-ring (bicyclic) bond motifs is 1. The van der Waals surface area contributed by atoms with Gasteiger partial charge in [0.15, 0.2) is 11.5 Å². The first-order valence-electron chi connectivity index (χ1n) is 8.67. The molecule has 0 bridgehead atoms. The molecule has 0 fully saturated rings. The summed E-state index contributed by atoms with van der Waals surface area (Å²) >= 11 is 0. The minimum absolute atomic E-state index is 0.0175. The van der Waals surface area contributed by atoms with Crippen molar-refractivity contribution in [3.63, 3.8) is 0 Å². The summed E-state index contributed by atoms with van der Waals surface area (Å²) in [4.78, 5) is 38.2. The quantitative estimate of drug-likeness (QED) is 0.664. The molecule has 1 N–H and O–H groups in total. The zero-order chi connectivity index (χ0) is 20.5. The van der Waals surface area contributed by atoms with Crippen molar-refractivity contribution in [1.29, 1.82) is 0 Å². The number of carboxylic acids is 1. The lowest BCUT2D eigenvalue weighted by atomic mass is 10.1. The number of hydrogen-bond donors (Lipinski definition) is 1. The molecule has 0 spiro atoms. The van der Waals surface area contributed by atoms with E-state index in [4.69, 9.17) is 9.47 Å². The van der Waals surface area contributed by atoms with E-state index in [-0.39, 0.29) is 28.1 Å². The zero-order valence-electron chi connectivity index (χ0n) is 15.3. The maximum absolute atomic E-state index is 12.7. The number of carbonyl (C=O) groups is 3. The number of methoxy groups -OCH3 is 1. The third kappa shape index (κ3) is 3.08. The van der Waals surface area contributed by atoms with Crippen molar-refractivity contribution in [2.75, 3.05) is 12.0 Å². The molecule has 0 atom stereocenters. The number of carboxylic acid groups (broad SMARTS) is 1. The van der Waals surface area contributed by atoms with Gasteiger partial charge in [0.05, 0.1) is 29.5 Å². The highest BCUT2D eigenvalue weighted by atomic mass is 16.5. The molecule has 0 unspecified atom stereocenters. The van der Waals surface area contributed by atoms with E-state index in [0.29, 0.717) is 11.5 Å². The molecule has 1 aliphatic rings. The molecule has 144 valence electrons. The smallest absolute Gasteiger partial charge is 0.337 e. The van der Waals surface area contributed by atoms with Gasteiger partial charge in [-0.1, -0.05) is 24.3 Å². The van der Waals surface area contributed by atoms with Crippen LogP contribution in [0.2, 0.25) is 0 Å². The summed E-state index contributed by atoms with van der Waals surface area (Å²) in [5.74, 6) is -1.30. The first-order chi connectivity index (χ1) is 14.0. The van der Waals surface area contributed by atoms with Crippen LogP contribution >= 0.6 is 0 Å². The second-order valence-corrected chi connectivity index (χ2v) is 6.23. The summed E-state index contributed by atoms with van der Waals surface area (Å²) in [6, 6.07) is 17.4. The van der Waals surface area contributed by atoms with Crippen molar-refractivity contribution in [3.05, 3.63) is 83.4 Å². The van der Waals surface area contributed by atoms with Gasteiger partial charge in [-0.05, 0) is 42.5 Å². The van der Waals surface area contributed by atoms with E-state index in [1.54, 1.807) is 36.4 Å². The lowest BCUT2D eigenvalue weighted by Crippen LogP contribution is -2.31. The molecule has 1 heterocycles. The Morgan fingerprint density at radius 2 is 1.45 bits per heavy atom. The van der Waals surface area contributed by atoms with Crippen LogP contribution in [0.3, 0.4) is 0 Å². The topological polar surface area (TPSA) is 93.1 Å². The van der Waals surface area contributed by atoms with Gasteiger partial charge in [0.2, 0.25) is 0 Å². The van der Waals surface area contributed by atoms with Crippen LogP contribution in [0.25, 0.3) is 0 Å². The SMILES string of the molecule is COc1ccccc1Oc1ccc(N2C(=O)c3ccccc3C2=O)c(C(=O)O)c1. The predicted molar refractivity (Wildman–Crippen MR) is 104 cm³/mol. The van der Waals surface area contributed by atoms with Crippen molar-refractivity contribution in [1.82, 2.24) is 0 Å².